The van der Waals surface area contributed by atoms with Gasteiger partial charge in [0.25, 0.3) is 0 Å². The number of aldehydes is 1. The van der Waals surface area contributed by atoms with E-state index in [4.69, 9.17) is 27.9 Å². The molecule has 20 heavy (non-hydrogen) atoms. The van der Waals surface area contributed by atoms with Crippen LogP contribution in [-0.2, 0) is 6.61 Å². The van der Waals surface area contributed by atoms with Crippen molar-refractivity contribution in [3.05, 3.63) is 46.0 Å². The second-order valence-corrected chi connectivity index (χ2v) is 4.58. The summed E-state index contributed by atoms with van der Waals surface area (Å²) in [5, 5.41) is 0.397. The van der Waals surface area contributed by atoms with Gasteiger partial charge in [-0.25, -0.2) is 4.98 Å². The Balaban J connectivity index is 2.23. The number of imidazole rings is 1. The minimum absolute atomic E-state index is 0.0165. The minimum atomic E-state index is -2.72. The Morgan fingerprint density at radius 3 is 2.80 bits per heavy atom. The minimum Gasteiger partial charge on any atom is -0.483 e. The number of alkyl halides is 2. The van der Waals surface area contributed by atoms with Gasteiger partial charge in [0, 0.05) is 17.4 Å². The van der Waals surface area contributed by atoms with Gasteiger partial charge in [-0.1, -0.05) is 23.2 Å². The molecule has 0 saturated carbocycles. The molecule has 0 spiro atoms. The molecule has 106 valence electrons. The summed E-state index contributed by atoms with van der Waals surface area (Å²) < 4.78 is 31.2. The zero-order chi connectivity index (χ0) is 14.7. The zero-order valence-corrected chi connectivity index (χ0v) is 11.4. The molecule has 0 fully saturated rings. The first kappa shape index (κ1) is 14.7. The fourth-order valence-electron chi connectivity index (χ4n) is 1.59. The lowest BCUT2D eigenvalue weighted by Crippen LogP contribution is -2.08. The molecular formula is C12H8Cl2F2N2O2. The molecule has 0 N–H and O–H groups in total. The highest BCUT2D eigenvalue weighted by Crippen LogP contribution is 2.32. The molecule has 1 aromatic carbocycles. The Kier molecular flexibility index (Phi) is 4.57. The number of halogens is 4. The Bertz CT molecular complexity index is 632. The van der Waals surface area contributed by atoms with Crippen LogP contribution in [0.2, 0.25) is 10.0 Å². The van der Waals surface area contributed by atoms with E-state index < -0.39 is 6.55 Å². The molecule has 4 nitrogen and oxygen atoms in total. The average molecular weight is 321 g/mol. The summed E-state index contributed by atoms with van der Waals surface area (Å²) in [4.78, 5) is 14.7. The molecule has 0 radical (unpaired) electrons. The Morgan fingerprint density at radius 1 is 1.40 bits per heavy atom. The SMILES string of the molecule is O=Cc1cc(Cl)cc(Cl)c1OCc1nccn1C(F)F. The fraction of sp³-hybridized carbons (Fsp3) is 0.167. The monoisotopic (exact) mass is 320 g/mol. The van der Waals surface area contributed by atoms with E-state index in [-0.39, 0.29) is 33.8 Å². The molecule has 0 bridgehead atoms. The van der Waals surface area contributed by atoms with Gasteiger partial charge in [0.1, 0.15) is 12.4 Å². The van der Waals surface area contributed by atoms with Crippen LogP contribution in [0.4, 0.5) is 8.78 Å². The van der Waals surface area contributed by atoms with Gasteiger partial charge in [-0.2, -0.15) is 8.78 Å². The highest BCUT2D eigenvalue weighted by atomic mass is 35.5. The lowest BCUT2D eigenvalue weighted by atomic mass is 10.2. The van der Waals surface area contributed by atoms with E-state index in [0.29, 0.717) is 10.9 Å². The van der Waals surface area contributed by atoms with E-state index in [1.807, 2.05) is 0 Å². The molecule has 1 aromatic heterocycles. The first-order chi connectivity index (χ1) is 9.52. The number of nitrogens with zero attached hydrogens (tertiary/aromatic N) is 2. The van der Waals surface area contributed by atoms with E-state index in [2.05, 4.69) is 4.98 Å². The summed E-state index contributed by atoms with van der Waals surface area (Å²) >= 11 is 11.7. The number of aromatic nitrogens is 2. The predicted molar refractivity (Wildman–Crippen MR) is 69.7 cm³/mol. The molecule has 2 aromatic rings. The van der Waals surface area contributed by atoms with Crippen molar-refractivity contribution in [1.82, 2.24) is 9.55 Å². The molecule has 8 heteroatoms. The van der Waals surface area contributed by atoms with Crippen LogP contribution in [0, 0.1) is 0 Å². The van der Waals surface area contributed by atoms with E-state index >= 15 is 0 Å². The number of benzene rings is 1. The molecular weight excluding hydrogens is 313 g/mol. The second kappa shape index (κ2) is 6.19. The van der Waals surface area contributed by atoms with Crippen molar-refractivity contribution in [2.75, 3.05) is 0 Å². The van der Waals surface area contributed by atoms with Crippen molar-refractivity contribution in [2.45, 2.75) is 13.2 Å². The summed E-state index contributed by atoms with van der Waals surface area (Å²) in [7, 11) is 0. The molecule has 0 aliphatic rings. The van der Waals surface area contributed by atoms with Gasteiger partial charge in [-0.15, -0.1) is 0 Å². The number of carbonyl (C=O) groups excluding carboxylic acids is 1. The largest absolute Gasteiger partial charge is 0.483 e. The normalized spacial score (nSPS) is 10.8. The third-order valence-corrected chi connectivity index (χ3v) is 2.97. The van der Waals surface area contributed by atoms with E-state index in [9.17, 15) is 13.6 Å². The maximum absolute atomic E-state index is 12.6. The first-order valence-electron chi connectivity index (χ1n) is 5.39. The smallest absolute Gasteiger partial charge is 0.320 e. The van der Waals surface area contributed by atoms with Crippen molar-refractivity contribution in [3.63, 3.8) is 0 Å². The zero-order valence-electron chi connectivity index (χ0n) is 9.89. The summed E-state index contributed by atoms with van der Waals surface area (Å²) in [6, 6.07) is 2.76. The Morgan fingerprint density at radius 2 is 2.15 bits per heavy atom. The van der Waals surface area contributed by atoms with Crippen molar-refractivity contribution >= 4 is 29.5 Å². The highest BCUT2D eigenvalue weighted by molar-refractivity contribution is 6.36. The molecule has 2 rings (SSSR count). The van der Waals surface area contributed by atoms with Gasteiger partial charge < -0.3 is 4.74 Å². The van der Waals surface area contributed by atoms with Crippen molar-refractivity contribution in [3.8, 4) is 5.75 Å². The van der Waals surface area contributed by atoms with Gasteiger partial charge in [0.15, 0.2) is 12.1 Å². The van der Waals surface area contributed by atoms with Crippen molar-refractivity contribution in [1.29, 1.82) is 0 Å². The molecule has 0 aliphatic carbocycles. The van der Waals surface area contributed by atoms with E-state index in [1.165, 1.54) is 18.3 Å². The van der Waals surface area contributed by atoms with Gasteiger partial charge >= 0.3 is 6.55 Å². The fourth-order valence-corrected chi connectivity index (χ4v) is 2.15. The molecule has 1 heterocycles. The Labute approximate surface area is 122 Å². The summed E-state index contributed by atoms with van der Waals surface area (Å²) in [6.07, 6.45) is 2.88. The number of ether oxygens (including phenoxy) is 1. The van der Waals surface area contributed by atoms with E-state index in [1.54, 1.807) is 0 Å². The van der Waals surface area contributed by atoms with Crippen LogP contribution in [-0.4, -0.2) is 15.8 Å². The van der Waals surface area contributed by atoms with Gasteiger partial charge in [-0.05, 0) is 12.1 Å². The highest BCUT2D eigenvalue weighted by Gasteiger charge is 2.15. The van der Waals surface area contributed by atoms with Crippen LogP contribution < -0.4 is 4.74 Å². The standard InChI is InChI=1S/C12H8Cl2F2N2O2/c13-8-3-7(5-19)11(9(14)4-8)20-6-10-17-1-2-18(10)12(15)16/h1-5,12H,6H2. The van der Waals surface area contributed by atoms with Crippen LogP contribution in [0.15, 0.2) is 24.5 Å². The lowest BCUT2D eigenvalue weighted by Gasteiger charge is -2.11. The quantitative estimate of drug-likeness (QED) is 0.783. The van der Waals surface area contributed by atoms with Crippen molar-refractivity contribution in [2.24, 2.45) is 0 Å². The molecule has 0 atom stereocenters. The molecule has 0 unspecified atom stereocenters. The van der Waals surface area contributed by atoms with E-state index in [0.717, 1.165) is 6.20 Å². The molecule has 0 aliphatic heterocycles. The van der Waals surface area contributed by atoms with Gasteiger partial charge in [0.05, 0.1) is 10.6 Å². The van der Waals surface area contributed by atoms with Crippen LogP contribution in [0.3, 0.4) is 0 Å². The van der Waals surface area contributed by atoms with Gasteiger partial charge in [-0.3, -0.25) is 9.36 Å². The first-order valence-corrected chi connectivity index (χ1v) is 6.15. The maximum Gasteiger partial charge on any atom is 0.320 e. The topological polar surface area (TPSA) is 44.1 Å². The van der Waals surface area contributed by atoms with Crippen LogP contribution in [0.25, 0.3) is 0 Å². The molecule has 0 amide bonds. The summed E-state index contributed by atoms with van der Waals surface area (Å²) in [5.41, 5.74) is 0.137. The number of hydrogen-bond acceptors (Lipinski definition) is 3. The third kappa shape index (κ3) is 3.08. The summed E-state index contributed by atoms with van der Waals surface area (Å²) in [5.74, 6) is 0.0951. The maximum atomic E-state index is 12.6. The van der Waals surface area contributed by atoms with Crippen molar-refractivity contribution < 1.29 is 18.3 Å². The Hall–Kier alpha value is -1.66. The summed E-state index contributed by atoms with van der Waals surface area (Å²) in [6.45, 7) is -2.97. The third-order valence-electron chi connectivity index (χ3n) is 2.47. The number of hydrogen-bond donors (Lipinski definition) is 0. The van der Waals surface area contributed by atoms with Crippen LogP contribution in [0.5, 0.6) is 5.75 Å². The van der Waals surface area contributed by atoms with Crippen LogP contribution in [0.1, 0.15) is 22.7 Å². The predicted octanol–water partition coefficient (Wildman–Crippen LogP) is 3.98. The molecule has 0 saturated heterocycles. The average Bonchev–Trinajstić information content (AvgIpc) is 2.85. The second-order valence-electron chi connectivity index (χ2n) is 3.74. The lowest BCUT2D eigenvalue weighted by molar-refractivity contribution is 0.0631. The van der Waals surface area contributed by atoms with Crippen LogP contribution >= 0.6 is 23.2 Å². The number of rotatable bonds is 5. The number of carbonyl (C=O) groups is 1. The van der Waals surface area contributed by atoms with Gasteiger partial charge in [0.2, 0.25) is 0 Å².